The highest BCUT2D eigenvalue weighted by Crippen LogP contribution is 2.10. The number of carbonyl (C=O) groups excluding carboxylic acids is 1. The van der Waals surface area contributed by atoms with Crippen LogP contribution in [0.15, 0.2) is 6.20 Å². The molecule has 0 spiro atoms. The summed E-state index contributed by atoms with van der Waals surface area (Å²) in [4.78, 5) is 25.3. The lowest BCUT2D eigenvalue weighted by Crippen LogP contribution is -2.37. The molecular weight excluding hydrogens is 176 g/mol. The summed E-state index contributed by atoms with van der Waals surface area (Å²) >= 11 is 0. The standard InChI is InChI=1S/C6H6N4O3/c11-4-2-8-6-7-1-3(5(12)13)10(6)9-4/h1H,2H2,(H,7,8)(H,9,11)(H,12,13). The topological polar surface area (TPSA) is 96.2 Å². The van der Waals surface area contributed by atoms with E-state index in [0.717, 1.165) is 4.68 Å². The molecule has 0 saturated carbocycles. The van der Waals surface area contributed by atoms with Crippen molar-refractivity contribution in [2.24, 2.45) is 0 Å². The van der Waals surface area contributed by atoms with Crippen molar-refractivity contribution >= 4 is 17.8 Å². The Morgan fingerprint density at radius 1 is 1.69 bits per heavy atom. The van der Waals surface area contributed by atoms with Gasteiger partial charge in [-0.05, 0) is 0 Å². The van der Waals surface area contributed by atoms with E-state index in [9.17, 15) is 9.59 Å². The second-order valence-corrected chi connectivity index (χ2v) is 2.50. The molecule has 7 nitrogen and oxygen atoms in total. The van der Waals surface area contributed by atoms with Crippen molar-refractivity contribution in [3.8, 4) is 0 Å². The van der Waals surface area contributed by atoms with Crippen molar-refractivity contribution in [3.05, 3.63) is 11.9 Å². The lowest BCUT2D eigenvalue weighted by Gasteiger charge is -2.17. The van der Waals surface area contributed by atoms with Crippen molar-refractivity contribution in [1.82, 2.24) is 9.66 Å². The second kappa shape index (κ2) is 2.47. The Labute approximate surface area is 72.3 Å². The third kappa shape index (κ3) is 1.10. The maximum atomic E-state index is 10.9. The highest BCUT2D eigenvalue weighted by molar-refractivity contribution is 5.93. The zero-order valence-corrected chi connectivity index (χ0v) is 6.44. The van der Waals surface area contributed by atoms with E-state index in [1.165, 1.54) is 6.20 Å². The van der Waals surface area contributed by atoms with Crippen molar-refractivity contribution in [1.29, 1.82) is 0 Å². The molecule has 13 heavy (non-hydrogen) atoms. The molecule has 0 aliphatic carbocycles. The van der Waals surface area contributed by atoms with Crippen LogP contribution in [0, 0.1) is 0 Å². The average Bonchev–Trinajstić information content (AvgIpc) is 2.46. The van der Waals surface area contributed by atoms with Gasteiger partial charge in [-0.3, -0.25) is 10.2 Å². The molecular formula is C6H6N4O3. The molecule has 0 unspecified atom stereocenters. The van der Waals surface area contributed by atoms with Crippen LogP contribution in [0.1, 0.15) is 10.5 Å². The number of hydrogen-bond acceptors (Lipinski definition) is 4. The van der Waals surface area contributed by atoms with Crippen LogP contribution in [0.5, 0.6) is 0 Å². The summed E-state index contributed by atoms with van der Waals surface area (Å²) in [6, 6.07) is 0. The van der Waals surface area contributed by atoms with Gasteiger partial charge in [0.2, 0.25) is 5.95 Å². The van der Waals surface area contributed by atoms with Crippen LogP contribution >= 0.6 is 0 Å². The van der Waals surface area contributed by atoms with Gasteiger partial charge in [0.05, 0.1) is 12.7 Å². The maximum Gasteiger partial charge on any atom is 0.356 e. The molecule has 3 N–H and O–H groups in total. The molecule has 1 amide bonds. The third-order valence-corrected chi connectivity index (χ3v) is 1.62. The van der Waals surface area contributed by atoms with Crippen LogP contribution in [0.3, 0.4) is 0 Å². The van der Waals surface area contributed by atoms with Crippen LogP contribution in [0.2, 0.25) is 0 Å². The smallest absolute Gasteiger partial charge is 0.356 e. The van der Waals surface area contributed by atoms with Gasteiger partial charge < -0.3 is 10.4 Å². The van der Waals surface area contributed by atoms with Gasteiger partial charge >= 0.3 is 5.97 Å². The molecule has 0 aromatic carbocycles. The number of carboxylic acid groups (broad SMARTS) is 1. The Kier molecular flexibility index (Phi) is 1.44. The molecule has 7 heteroatoms. The number of nitrogens with one attached hydrogen (secondary N) is 2. The number of amides is 1. The molecule has 0 atom stereocenters. The highest BCUT2D eigenvalue weighted by Gasteiger charge is 2.21. The fraction of sp³-hybridized carbons (Fsp3) is 0.167. The van der Waals surface area contributed by atoms with E-state index < -0.39 is 5.97 Å². The van der Waals surface area contributed by atoms with Gasteiger partial charge in [-0.2, -0.15) is 0 Å². The quantitative estimate of drug-likeness (QED) is 0.521. The molecule has 0 saturated heterocycles. The van der Waals surface area contributed by atoms with Gasteiger partial charge in [0.15, 0.2) is 5.69 Å². The first-order valence-electron chi connectivity index (χ1n) is 3.53. The average molecular weight is 182 g/mol. The molecule has 1 aliphatic heterocycles. The number of anilines is 1. The Hall–Kier alpha value is -2.05. The fourth-order valence-corrected chi connectivity index (χ4v) is 1.06. The minimum Gasteiger partial charge on any atom is -0.476 e. The van der Waals surface area contributed by atoms with Gasteiger partial charge in [0.1, 0.15) is 0 Å². The zero-order valence-electron chi connectivity index (χ0n) is 6.44. The first kappa shape index (κ1) is 7.59. The first-order valence-corrected chi connectivity index (χ1v) is 3.53. The summed E-state index contributed by atoms with van der Waals surface area (Å²) in [6.07, 6.45) is 1.18. The number of rotatable bonds is 1. The minimum absolute atomic E-state index is 0.0736. The number of aromatic nitrogens is 2. The van der Waals surface area contributed by atoms with Gasteiger partial charge in [0.25, 0.3) is 5.91 Å². The Balaban J connectivity index is 2.46. The normalized spacial score (nSPS) is 14.3. The number of imidazole rings is 1. The van der Waals surface area contributed by atoms with Crippen LogP contribution in [-0.4, -0.2) is 33.2 Å². The van der Waals surface area contributed by atoms with Crippen molar-refractivity contribution < 1.29 is 14.7 Å². The molecule has 2 heterocycles. The number of fused-ring (bicyclic) bond motifs is 1. The summed E-state index contributed by atoms with van der Waals surface area (Å²) in [6.45, 7) is 0.107. The first-order chi connectivity index (χ1) is 6.18. The Morgan fingerprint density at radius 2 is 2.46 bits per heavy atom. The third-order valence-electron chi connectivity index (χ3n) is 1.62. The van der Waals surface area contributed by atoms with Gasteiger partial charge in [-0.15, -0.1) is 0 Å². The second-order valence-electron chi connectivity index (χ2n) is 2.50. The van der Waals surface area contributed by atoms with Crippen molar-refractivity contribution in [2.75, 3.05) is 17.3 Å². The van der Waals surface area contributed by atoms with Crippen molar-refractivity contribution in [3.63, 3.8) is 0 Å². The van der Waals surface area contributed by atoms with Gasteiger partial charge in [-0.1, -0.05) is 0 Å². The maximum absolute atomic E-state index is 10.9. The van der Waals surface area contributed by atoms with Crippen LogP contribution < -0.4 is 10.7 Å². The van der Waals surface area contributed by atoms with E-state index in [4.69, 9.17) is 5.11 Å². The summed E-state index contributed by atoms with van der Waals surface area (Å²) < 4.78 is 1.11. The number of carbonyl (C=O) groups is 2. The Bertz CT molecular complexity index is 383. The summed E-state index contributed by atoms with van der Waals surface area (Å²) in [7, 11) is 0. The molecule has 2 rings (SSSR count). The number of carboxylic acids is 1. The zero-order chi connectivity index (χ0) is 9.42. The summed E-state index contributed by atoms with van der Waals surface area (Å²) in [5.74, 6) is -1.10. The molecule has 1 aromatic rings. The number of aromatic carboxylic acids is 1. The van der Waals surface area contributed by atoms with E-state index in [1.54, 1.807) is 0 Å². The summed E-state index contributed by atoms with van der Waals surface area (Å²) in [5, 5.41) is 11.3. The minimum atomic E-state index is -1.14. The van der Waals surface area contributed by atoms with E-state index in [2.05, 4.69) is 15.7 Å². The molecule has 1 aliphatic rings. The largest absolute Gasteiger partial charge is 0.476 e. The van der Waals surface area contributed by atoms with E-state index in [0.29, 0.717) is 5.95 Å². The van der Waals surface area contributed by atoms with E-state index in [1.807, 2.05) is 0 Å². The lowest BCUT2D eigenvalue weighted by atomic mass is 10.5. The monoisotopic (exact) mass is 182 g/mol. The number of nitrogens with zero attached hydrogens (tertiary/aromatic N) is 2. The van der Waals surface area contributed by atoms with Gasteiger partial charge in [0, 0.05) is 0 Å². The van der Waals surface area contributed by atoms with E-state index in [-0.39, 0.29) is 18.1 Å². The molecule has 0 fully saturated rings. The van der Waals surface area contributed by atoms with Crippen LogP contribution in [-0.2, 0) is 4.79 Å². The Morgan fingerprint density at radius 3 is 3.15 bits per heavy atom. The number of hydrogen-bond donors (Lipinski definition) is 3. The van der Waals surface area contributed by atoms with Crippen LogP contribution in [0.25, 0.3) is 0 Å². The fourth-order valence-electron chi connectivity index (χ4n) is 1.06. The van der Waals surface area contributed by atoms with Gasteiger partial charge in [-0.25, -0.2) is 14.5 Å². The van der Waals surface area contributed by atoms with E-state index >= 15 is 0 Å². The lowest BCUT2D eigenvalue weighted by molar-refractivity contribution is -0.115. The SMILES string of the molecule is O=C1CNc2ncc(C(=O)O)n2N1. The highest BCUT2D eigenvalue weighted by atomic mass is 16.4. The molecule has 0 radical (unpaired) electrons. The van der Waals surface area contributed by atoms with Crippen LogP contribution in [0.4, 0.5) is 5.95 Å². The van der Waals surface area contributed by atoms with Crippen molar-refractivity contribution in [2.45, 2.75) is 0 Å². The molecule has 0 bridgehead atoms. The predicted molar refractivity (Wildman–Crippen MR) is 42.0 cm³/mol. The molecule has 68 valence electrons. The molecule has 1 aromatic heterocycles. The predicted octanol–water partition coefficient (Wildman–Crippen LogP) is -0.923. The summed E-state index contributed by atoms with van der Waals surface area (Å²) in [5.41, 5.74) is 2.29.